The summed E-state index contributed by atoms with van der Waals surface area (Å²) in [4.78, 5) is 16.9. The van der Waals surface area contributed by atoms with Crippen LogP contribution in [0.4, 0.5) is 5.69 Å². The Kier molecular flexibility index (Phi) is 5.74. The molecule has 132 valence electrons. The van der Waals surface area contributed by atoms with Gasteiger partial charge in [0.1, 0.15) is 0 Å². The van der Waals surface area contributed by atoms with Crippen LogP contribution in [-0.2, 0) is 9.53 Å². The summed E-state index contributed by atoms with van der Waals surface area (Å²) in [6.45, 7) is 3.01. The maximum absolute atomic E-state index is 12.4. The van der Waals surface area contributed by atoms with Gasteiger partial charge in [-0.3, -0.25) is 9.69 Å². The highest BCUT2D eigenvalue weighted by molar-refractivity contribution is 5.78. The average molecular weight is 331 g/mol. The van der Waals surface area contributed by atoms with Gasteiger partial charge >= 0.3 is 0 Å². The van der Waals surface area contributed by atoms with Gasteiger partial charge in [0.15, 0.2) is 0 Å². The summed E-state index contributed by atoms with van der Waals surface area (Å²) < 4.78 is 5.35. The molecule has 5 nitrogen and oxygen atoms in total. The highest BCUT2D eigenvalue weighted by Gasteiger charge is 2.28. The maximum Gasteiger partial charge on any atom is 0.234 e. The minimum absolute atomic E-state index is 0.151. The van der Waals surface area contributed by atoms with Crippen molar-refractivity contribution in [1.82, 2.24) is 10.2 Å². The van der Waals surface area contributed by atoms with E-state index >= 15 is 0 Å². The summed E-state index contributed by atoms with van der Waals surface area (Å²) in [7, 11) is 4.12. The molecule has 24 heavy (non-hydrogen) atoms. The molecule has 3 rings (SSSR count). The number of carbonyl (C=O) groups is 1. The number of carbonyl (C=O) groups excluding carboxylic acids is 1. The number of anilines is 1. The first-order valence-electron chi connectivity index (χ1n) is 9.02. The van der Waals surface area contributed by atoms with Gasteiger partial charge in [0.2, 0.25) is 5.91 Å². The molecule has 5 heteroatoms. The van der Waals surface area contributed by atoms with Gasteiger partial charge in [0.05, 0.1) is 6.54 Å². The van der Waals surface area contributed by atoms with Crippen LogP contribution in [0.1, 0.15) is 37.3 Å². The van der Waals surface area contributed by atoms with Gasteiger partial charge in [-0.1, -0.05) is 12.1 Å². The molecule has 1 N–H and O–H groups in total. The van der Waals surface area contributed by atoms with Crippen LogP contribution in [0.3, 0.4) is 0 Å². The Morgan fingerprint density at radius 2 is 2.08 bits per heavy atom. The molecule has 1 atom stereocenters. The topological polar surface area (TPSA) is 44.8 Å². The molecule has 0 bridgehead atoms. The van der Waals surface area contributed by atoms with Crippen LogP contribution < -0.4 is 10.2 Å². The van der Waals surface area contributed by atoms with Crippen molar-refractivity contribution in [3.63, 3.8) is 0 Å². The molecule has 2 fully saturated rings. The Bertz CT molecular complexity index is 555. The number of nitrogens with zero attached hydrogens (tertiary/aromatic N) is 2. The van der Waals surface area contributed by atoms with Crippen molar-refractivity contribution in [2.45, 2.75) is 37.8 Å². The van der Waals surface area contributed by atoms with Crippen LogP contribution in [-0.4, -0.2) is 57.2 Å². The summed E-state index contributed by atoms with van der Waals surface area (Å²) in [5, 5.41) is 3.18. The number of rotatable bonds is 5. The van der Waals surface area contributed by atoms with Crippen LogP contribution in [0.2, 0.25) is 0 Å². The second kappa shape index (κ2) is 7.99. The highest BCUT2D eigenvalue weighted by Crippen LogP contribution is 2.33. The van der Waals surface area contributed by atoms with E-state index in [2.05, 4.69) is 53.5 Å². The van der Waals surface area contributed by atoms with E-state index in [9.17, 15) is 4.79 Å². The van der Waals surface area contributed by atoms with Crippen molar-refractivity contribution in [3.8, 4) is 0 Å². The Morgan fingerprint density at radius 1 is 1.29 bits per heavy atom. The number of ether oxygens (including phenoxy) is 1. The fourth-order valence-corrected chi connectivity index (χ4v) is 3.70. The van der Waals surface area contributed by atoms with Gasteiger partial charge in [0, 0.05) is 45.1 Å². The molecule has 0 saturated carbocycles. The standard InChI is InChI=1S/C19H29N3O2/c1-21(2)17-6-3-5-15(13-17)18-7-4-10-22(18)14-19(23)20-16-8-11-24-12-9-16/h3,5-6,13,16,18H,4,7-12,14H2,1-2H3,(H,20,23)/t18-/m1/s1. The van der Waals surface area contributed by atoms with E-state index in [1.807, 2.05) is 0 Å². The summed E-state index contributed by atoms with van der Waals surface area (Å²) in [5.41, 5.74) is 2.53. The number of likely N-dealkylation sites (tertiary alicyclic amines) is 1. The molecule has 1 amide bonds. The van der Waals surface area contributed by atoms with Crippen LogP contribution in [0.25, 0.3) is 0 Å². The Hall–Kier alpha value is -1.59. The lowest BCUT2D eigenvalue weighted by atomic mass is 10.0. The van der Waals surface area contributed by atoms with E-state index in [0.29, 0.717) is 12.6 Å². The number of benzene rings is 1. The molecule has 2 aliphatic heterocycles. The molecule has 1 aromatic carbocycles. The zero-order valence-corrected chi connectivity index (χ0v) is 14.8. The van der Waals surface area contributed by atoms with E-state index in [1.165, 1.54) is 11.3 Å². The number of amides is 1. The Balaban J connectivity index is 1.60. The second-order valence-electron chi connectivity index (χ2n) is 7.07. The normalized spacial score (nSPS) is 22.5. The Morgan fingerprint density at radius 3 is 2.83 bits per heavy atom. The fourth-order valence-electron chi connectivity index (χ4n) is 3.70. The zero-order valence-electron chi connectivity index (χ0n) is 14.8. The van der Waals surface area contributed by atoms with Gasteiger partial charge in [-0.2, -0.15) is 0 Å². The molecule has 2 heterocycles. The van der Waals surface area contributed by atoms with Crippen LogP contribution in [0.15, 0.2) is 24.3 Å². The molecule has 0 aromatic heterocycles. The SMILES string of the molecule is CN(C)c1cccc([C@H]2CCCN2CC(=O)NC2CCOCC2)c1. The van der Waals surface area contributed by atoms with E-state index in [1.54, 1.807) is 0 Å². The molecule has 2 aliphatic rings. The quantitative estimate of drug-likeness (QED) is 0.898. The van der Waals surface area contributed by atoms with E-state index in [4.69, 9.17) is 4.74 Å². The monoisotopic (exact) mass is 331 g/mol. The van der Waals surface area contributed by atoms with E-state index < -0.39 is 0 Å². The zero-order chi connectivity index (χ0) is 16.9. The van der Waals surface area contributed by atoms with Crippen molar-refractivity contribution in [1.29, 1.82) is 0 Å². The molecule has 0 spiro atoms. The predicted octanol–water partition coefficient (Wildman–Crippen LogP) is 2.18. The highest BCUT2D eigenvalue weighted by atomic mass is 16.5. The third-order valence-corrected chi connectivity index (χ3v) is 5.07. The molecule has 0 unspecified atom stereocenters. The smallest absolute Gasteiger partial charge is 0.234 e. The van der Waals surface area contributed by atoms with Gasteiger partial charge in [-0.05, 0) is 49.9 Å². The summed E-state index contributed by atoms with van der Waals surface area (Å²) >= 11 is 0. The van der Waals surface area contributed by atoms with E-state index in [-0.39, 0.29) is 11.9 Å². The summed E-state index contributed by atoms with van der Waals surface area (Å²) in [6, 6.07) is 9.31. The van der Waals surface area contributed by atoms with Crippen molar-refractivity contribution in [2.24, 2.45) is 0 Å². The Labute approximate surface area is 145 Å². The first-order valence-corrected chi connectivity index (χ1v) is 9.02. The molecular formula is C19H29N3O2. The predicted molar refractivity (Wildman–Crippen MR) is 96.3 cm³/mol. The third kappa shape index (κ3) is 4.28. The number of nitrogens with one attached hydrogen (secondary N) is 1. The van der Waals surface area contributed by atoms with Crippen LogP contribution >= 0.6 is 0 Å². The minimum Gasteiger partial charge on any atom is -0.381 e. The average Bonchev–Trinajstić information content (AvgIpc) is 3.03. The lowest BCUT2D eigenvalue weighted by molar-refractivity contribution is -0.123. The second-order valence-corrected chi connectivity index (χ2v) is 7.07. The van der Waals surface area contributed by atoms with Crippen LogP contribution in [0.5, 0.6) is 0 Å². The summed E-state index contributed by atoms with van der Waals surface area (Å²) in [5.74, 6) is 0.151. The molecule has 0 radical (unpaired) electrons. The first-order chi connectivity index (χ1) is 11.6. The van der Waals surface area contributed by atoms with E-state index in [0.717, 1.165) is 45.4 Å². The molecule has 1 aromatic rings. The van der Waals surface area contributed by atoms with Gasteiger partial charge in [-0.25, -0.2) is 0 Å². The number of hydrogen-bond acceptors (Lipinski definition) is 4. The lowest BCUT2D eigenvalue weighted by Crippen LogP contribution is -2.44. The van der Waals surface area contributed by atoms with Crippen molar-refractivity contribution in [2.75, 3.05) is 45.3 Å². The first kappa shape index (κ1) is 17.2. The van der Waals surface area contributed by atoms with Gasteiger partial charge in [-0.15, -0.1) is 0 Å². The molecular weight excluding hydrogens is 302 g/mol. The lowest BCUT2D eigenvalue weighted by Gasteiger charge is -2.27. The molecule has 0 aliphatic carbocycles. The van der Waals surface area contributed by atoms with Crippen LogP contribution in [0, 0.1) is 0 Å². The van der Waals surface area contributed by atoms with Crippen molar-refractivity contribution in [3.05, 3.63) is 29.8 Å². The molecule has 2 saturated heterocycles. The fraction of sp³-hybridized carbons (Fsp3) is 0.632. The van der Waals surface area contributed by atoms with Crippen molar-refractivity contribution < 1.29 is 9.53 Å². The minimum atomic E-state index is 0.151. The summed E-state index contributed by atoms with van der Waals surface area (Å²) in [6.07, 6.45) is 4.14. The maximum atomic E-state index is 12.4. The number of hydrogen-bond donors (Lipinski definition) is 1. The van der Waals surface area contributed by atoms with Gasteiger partial charge in [0.25, 0.3) is 0 Å². The van der Waals surface area contributed by atoms with Gasteiger partial charge < -0.3 is 15.0 Å². The largest absolute Gasteiger partial charge is 0.381 e. The van der Waals surface area contributed by atoms with Crippen molar-refractivity contribution >= 4 is 11.6 Å². The third-order valence-electron chi connectivity index (χ3n) is 5.07.